The number of hydrogen-bond acceptors (Lipinski definition) is 5. The molecule has 0 bridgehead atoms. The van der Waals surface area contributed by atoms with E-state index in [-0.39, 0.29) is 17.2 Å². The molecule has 1 heterocycles. The topological polar surface area (TPSA) is 80.3 Å². The van der Waals surface area contributed by atoms with Gasteiger partial charge in [-0.2, -0.15) is 13.2 Å². The summed E-state index contributed by atoms with van der Waals surface area (Å²) in [4.78, 5) is 28.7. The van der Waals surface area contributed by atoms with Crippen LogP contribution in [0.2, 0.25) is 5.02 Å². The molecule has 2 aromatic carbocycles. The van der Waals surface area contributed by atoms with E-state index >= 15 is 0 Å². The summed E-state index contributed by atoms with van der Waals surface area (Å²) in [5.41, 5.74) is -0.273. The minimum Gasteiger partial charge on any atom is -0.445 e. The van der Waals surface area contributed by atoms with E-state index in [9.17, 15) is 22.8 Å². The van der Waals surface area contributed by atoms with E-state index in [0.29, 0.717) is 5.01 Å². The first-order valence-corrected chi connectivity index (χ1v) is 10.4. The molecule has 11 heteroatoms. The average Bonchev–Trinajstić information content (AvgIpc) is 3.24. The van der Waals surface area contributed by atoms with Crippen LogP contribution in [0.4, 0.5) is 23.7 Å². The van der Waals surface area contributed by atoms with Crippen molar-refractivity contribution in [2.45, 2.75) is 25.7 Å². The van der Waals surface area contributed by atoms with E-state index < -0.39 is 34.8 Å². The predicted octanol–water partition coefficient (Wildman–Crippen LogP) is 6.06. The van der Waals surface area contributed by atoms with E-state index in [0.717, 1.165) is 29.0 Å². The molecule has 168 valence electrons. The zero-order valence-electron chi connectivity index (χ0n) is 16.6. The minimum absolute atomic E-state index is 0.0580. The summed E-state index contributed by atoms with van der Waals surface area (Å²) in [6, 6.07) is 11.7. The molecule has 0 spiro atoms. The number of carbonyl (C=O) groups is 2. The monoisotopic (exact) mass is 483 g/mol. The molecule has 6 nitrogen and oxygen atoms in total. The van der Waals surface area contributed by atoms with Gasteiger partial charge in [-0.05, 0) is 30.7 Å². The number of amides is 2. The van der Waals surface area contributed by atoms with E-state index in [1.54, 1.807) is 6.92 Å². The number of hydrogen-bond donors (Lipinski definition) is 2. The van der Waals surface area contributed by atoms with Gasteiger partial charge in [-0.25, -0.2) is 9.78 Å². The number of nitrogens with zero attached hydrogens (tertiary/aromatic N) is 1. The number of benzene rings is 2. The normalized spacial score (nSPS) is 12.2. The zero-order chi connectivity index (χ0) is 23.3. The smallest absolute Gasteiger partial charge is 0.417 e. The highest BCUT2D eigenvalue weighted by Gasteiger charge is 2.33. The lowest BCUT2D eigenvalue weighted by Crippen LogP contribution is -2.27. The molecule has 0 aliphatic heterocycles. The van der Waals surface area contributed by atoms with Gasteiger partial charge in [0.05, 0.1) is 22.8 Å². The summed E-state index contributed by atoms with van der Waals surface area (Å²) in [5.74, 6) is -0.636. The molecule has 0 saturated carbocycles. The third kappa shape index (κ3) is 6.21. The SMILES string of the molecule is CC(NC(=O)OCc1ccccc1)c1ncc(C(=O)Nc2ccc(Cl)c(C(F)(F)F)c2)s1. The van der Waals surface area contributed by atoms with Crippen molar-refractivity contribution in [1.82, 2.24) is 10.3 Å². The molecule has 1 aromatic heterocycles. The van der Waals surface area contributed by atoms with E-state index in [2.05, 4.69) is 15.6 Å². The number of alkyl halides is 3. The molecule has 2 N–H and O–H groups in total. The summed E-state index contributed by atoms with van der Waals surface area (Å²) in [7, 11) is 0. The Hall–Kier alpha value is -3.11. The lowest BCUT2D eigenvalue weighted by atomic mass is 10.2. The molecule has 0 aliphatic carbocycles. The summed E-state index contributed by atoms with van der Waals surface area (Å²) in [6.07, 6.45) is -4.02. The quantitative estimate of drug-likeness (QED) is 0.447. The Labute approximate surface area is 190 Å². The van der Waals surface area contributed by atoms with Gasteiger partial charge >= 0.3 is 12.3 Å². The van der Waals surface area contributed by atoms with E-state index in [4.69, 9.17) is 16.3 Å². The number of thiazole rings is 1. The Morgan fingerprint density at radius 1 is 1.19 bits per heavy atom. The number of nitrogens with one attached hydrogen (secondary N) is 2. The van der Waals surface area contributed by atoms with Crippen molar-refractivity contribution in [2.24, 2.45) is 0 Å². The lowest BCUT2D eigenvalue weighted by Gasteiger charge is -2.12. The van der Waals surface area contributed by atoms with Gasteiger partial charge in [0.15, 0.2) is 0 Å². The molecule has 0 radical (unpaired) electrons. The molecule has 0 aliphatic rings. The van der Waals surface area contributed by atoms with Gasteiger partial charge in [-0.3, -0.25) is 4.79 Å². The van der Waals surface area contributed by atoms with Crippen LogP contribution < -0.4 is 10.6 Å². The van der Waals surface area contributed by atoms with Crippen LogP contribution in [0.5, 0.6) is 0 Å². The fourth-order valence-electron chi connectivity index (χ4n) is 2.61. The van der Waals surface area contributed by atoms with Gasteiger partial charge in [0.25, 0.3) is 5.91 Å². The Bertz CT molecular complexity index is 1110. The van der Waals surface area contributed by atoms with Crippen LogP contribution in [-0.4, -0.2) is 17.0 Å². The van der Waals surface area contributed by atoms with E-state index in [1.807, 2.05) is 30.3 Å². The van der Waals surface area contributed by atoms with Crippen LogP contribution in [0.1, 0.15) is 38.8 Å². The first-order valence-electron chi connectivity index (χ1n) is 9.24. The van der Waals surface area contributed by atoms with Crippen molar-refractivity contribution >= 4 is 40.6 Å². The molecule has 0 fully saturated rings. The summed E-state index contributed by atoms with van der Waals surface area (Å²) in [6.45, 7) is 1.77. The van der Waals surface area contributed by atoms with Crippen molar-refractivity contribution < 1.29 is 27.5 Å². The molecule has 3 rings (SSSR count). The van der Waals surface area contributed by atoms with Gasteiger partial charge in [0, 0.05) is 5.69 Å². The van der Waals surface area contributed by atoms with Crippen molar-refractivity contribution in [3.05, 3.63) is 80.8 Å². The van der Waals surface area contributed by atoms with Crippen molar-refractivity contribution in [1.29, 1.82) is 0 Å². The number of anilines is 1. The van der Waals surface area contributed by atoms with Crippen molar-refractivity contribution in [3.8, 4) is 0 Å². The van der Waals surface area contributed by atoms with Crippen LogP contribution >= 0.6 is 22.9 Å². The summed E-state index contributed by atoms with van der Waals surface area (Å²) < 4.78 is 44.1. The first kappa shape index (κ1) is 23.6. The van der Waals surface area contributed by atoms with Gasteiger partial charge < -0.3 is 15.4 Å². The fraction of sp³-hybridized carbons (Fsp3) is 0.190. The van der Waals surface area contributed by atoms with Crippen LogP contribution in [0.25, 0.3) is 0 Å². The number of aromatic nitrogens is 1. The molecule has 1 atom stereocenters. The first-order chi connectivity index (χ1) is 15.1. The minimum atomic E-state index is -4.65. The maximum Gasteiger partial charge on any atom is 0.417 e. The van der Waals surface area contributed by atoms with Gasteiger partial charge in [0.2, 0.25) is 0 Å². The van der Waals surface area contributed by atoms with Crippen LogP contribution in [0.15, 0.2) is 54.7 Å². The summed E-state index contributed by atoms with van der Waals surface area (Å²) >= 11 is 6.58. The highest BCUT2D eigenvalue weighted by molar-refractivity contribution is 7.13. The fourth-order valence-corrected chi connectivity index (χ4v) is 3.65. The largest absolute Gasteiger partial charge is 0.445 e. The lowest BCUT2D eigenvalue weighted by molar-refractivity contribution is -0.137. The van der Waals surface area contributed by atoms with Crippen LogP contribution in [0.3, 0.4) is 0 Å². The maximum absolute atomic E-state index is 13.0. The molecular formula is C21H17ClF3N3O3S. The number of halogens is 4. The molecule has 2 amide bonds. The average molecular weight is 484 g/mol. The Morgan fingerprint density at radius 3 is 2.59 bits per heavy atom. The Kier molecular flexibility index (Phi) is 7.37. The highest BCUT2D eigenvalue weighted by Crippen LogP contribution is 2.36. The van der Waals surface area contributed by atoms with Crippen LogP contribution in [-0.2, 0) is 17.5 Å². The number of ether oxygens (including phenoxy) is 1. The third-order valence-corrected chi connectivity index (χ3v) is 5.70. The molecule has 32 heavy (non-hydrogen) atoms. The zero-order valence-corrected chi connectivity index (χ0v) is 18.1. The van der Waals surface area contributed by atoms with Gasteiger partial charge in [0.1, 0.15) is 16.5 Å². The molecule has 3 aromatic rings. The predicted molar refractivity (Wildman–Crippen MR) is 115 cm³/mol. The second-order valence-corrected chi connectivity index (χ2v) is 8.11. The standard InChI is InChI=1S/C21H17ClF3N3O3S/c1-12(27-20(30)31-11-13-5-3-2-4-6-13)19-26-10-17(32-19)18(29)28-14-7-8-16(22)15(9-14)21(23,24)25/h2-10,12H,11H2,1H3,(H,27,30)(H,28,29). The Balaban J connectivity index is 1.58. The van der Waals surface area contributed by atoms with Gasteiger partial charge in [-0.15, -0.1) is 11.3 Å². The Morgan fingerprint density at radius 2 is 1.91 bits per heavy atom. The highest BCUT2D eigenvalue weighted by atomic mass is 35.5. The number of carbonyl (C=O) groups excluding carboxylic acids is 2. The second-order valence-electron chi connectivity index (χ2n) is 6.64. The maximum atomic E-state index is 13.0. The van der Waals surface area contributed by atoms with Crippen molar-refractivity contribution in [2.75, 3.05) is 5.32 Å². The van der Waals surface area contributed by atoms with Gasteiger partial charge in [-0.1, -0.05) is 41.9 Å². The van der Waals surface area contributed by atoms with Crippen LogP contribution in [0, 0.1) is 0 Å². The molecule has 1 unspecified atom stereocenters. The number of alkyl carbamates (subject to hydrolysis) is 1. The second kappa shape index (κ2) is 10.0. The molecule has 0 saturated heterocycles. The van der Waals surface area contributed by atoms with E-state index in [1.165, 1.54) is 12.3 Å². The number of rotatable bonds is 6. The molecular weight excluding hydrogens is 467 g/mol. The third-order valence-electron chi connectivity index (χ3n) is 4.19. The van der Waals surface area contributed by atoms with Crippen molar-refractivity contribution in [3.63, 3.8) is 0 Å². The summed E-state index contributed by atoms with van der Waals surface area (Å²) in [5, 5.41) is 4.97.